The molecule has 0 rings (SSSR count). The summed E-state index contributed by atoms with van der Waals surface area (Å²) >= 11 is 0. The van der Waals surface area contributed by atoms with Crippen molar-refractivity contribution >= 4 is 5.97 Å². The normalized spacial score (nSPS) is 14.3. The Morgan fingerprint density at radius 3 is 1.59 bits per heavy atom. The standard InChI is InChI=1S/C35H58O4/c1-3-4-23-28-33(36)30-25-21-22-26-31-34(37)29-24-19-17-15-13-11-9-7-5-6-8-10-12-14-16-18-20-27-32-35(38)39-2/h4,13,15,19,21-26,30-31,33-34,36-37H,3,5-12,14,16-18,20,27-29,32H2,1-2H3/b15-13-,22-21+,23-4-,24-19-,30-25-,31-26+/t33-,34+/m0/s1. The molecule has 0 aliphatic rings. The van der Waals surface area contributed by atoms with E-state index in [1.807, 2.05) is 36.5 Å². The van der Waals surface area contributed by atoms with Crippen LogP contribution in [0.2, 0.25) is 0 Å². The SMILES string of the molecule is CC/C=C\C[C@H](O)\C=C/C=C/C=C/[C@H](O)C/C=C\C/C=C\CCCCCCCCCCCCCCC(=O)OC. The van der Waals surface area contributed by atoms with E-state index >= 15 is 0 Å². The predicted octanol–water partition coefficient (Wildman–Crippen LogP) is 9.26. The molecule has 4 nitrogen and oxygen atoms in total. The Hall–Kier alpha value is -2.17. The van der Waals surface area contributed by atoms with Crippen LogP contribution < -0.4 is 0 Å². The Balaban J connectivity index is 3.52. The number of carbonyl (C=O) groups excluding carboxylic acids is 1. The van der Waals surface area contributed by atoms with E-state index in [-0.39, 0.29) is 5.97 Å². The number of methoxy groups -OCH3 is 1. The Morgan fingerprint density at radius 2 is 1.08 bits per heavy atom. The average molecular weight is 543 g/mol. The first-order valence-corrected chi connectivity index (χ1v) is 15.5. The van der Waals surface area contributed by atoms with E-state index in [4.69, 9.17) is 0 Å². The largest absolute Gasteiger partial charge is 0.469 e. The maximum absolute atomic E-state index is 11.0. The molecule has 0 amide bonds. The minimum atomic E-state index is -0.479. The van der Waals surface area contributed by atoms with Gasteiger partial charge in [0.15, 0.2) is 0 Å². The minimum absolute atomic E-state index is 0.0843. The first kappa shape index (κ1) is 36.8. The molecule has 2 atom stereocenters. The van der Waals surface area contributed by atoms with Crippen LogP contribution in [0.5, 0.6) is 0 Å². The second-order valence-electron chi connectivity index (χ2n) is 10.2. The van der Waals surface area contributed by atoms with Crippen LogP contribution in [0.25, 0.3) is 0 Å². The number of aliphatic hydroxyl groups is 2. The van der Waals surface area contributed by atoms with Gasteiger partial charge in [0.05, 0.1) is 19.3 Å². The quantitative estimate of drug-likeness (QED) is 0.0495. The molecular weight excluding hydrogens is 484 g/mol. The zero-order valence-corrected chi connectivity index (χ0v) is 25.0. The molecule has 0 unspecified atom stereocenters. The zero-order valence-electron chi connectivity index (χ0n) is 25.0. The van der Waals surface area contributed by atoms with Crippen molar-refractivity contribution in [3.05, 3.63) is 72.9 Å². The number of esters is 1. The highest BCUT2D eigenvalue weighted by Gasteiger charge is 1.99. The van der Waals surface area contributed by atoms with Crippen molar-refractivity contribution in [2.24, 2.45) is 0 Å². The van der Waals surface area contributed by atoms with Gasteiger partial charge in [-0.15, -0.1) is 0 Å². The van der Waals surface area contributed by atoms with Gasteiger partial charge in [-0.3, -0.25) is 4.79 Å². The summed E-state index contributed by atoms with van der Waals surface area (Å²) in [6, 6.07) is 0. The van der Waals surface area contributed by atoms with Crippen LogP contribution in [-0.2, 0) is 9.53 Å². The van der Waals surface area contributed by atoms with Crippen LogP contribution >= 0.6 is 0 Å². The van der Waals surface area contributed by atoms with E-state index in [0.717, 1.165) is 32.1 Å². The molecule has 0 bridgehead atoms. The van der Waals surface area contributed by atoms with Crippen molar-refractivity contribution in [2.45, 2.75) is 135 Å². The van der Waals surface area contributed by atoms with Gasteiger partial charge in [-0.1, -0.05) is 144 Å². The number of rotatable bonds is 26. The molecule has 0 aromatic rings. The van der Waals surface area contributed by atoms with E-state index in [1.165, 1.54) is 71.3 Å². The molecule has 2 N–H and O–H groups in total. The molecule has 39 heavy (non-hydrogen) atoms. The van der Waals surface area contributed by atoms with Crippen LogP contribution in [-0.4, -0.2) is 35.5 Å². The lowest BCUT2D eigenvalue weighted by molar-refractivity contribution is -0.140. The summed E-state index contributed by atoms with van der Waals surface area (Å²) in [7, 11) is 1.46. The Morgan fingerprint density at radius 1 is 0.615 bits per heavy atom. The lowest BCUT2D eigenvalue weighted by Gasteiger charge is -2.03. The number of hydrogen-bond acceptors (Lipinski definition) is 4. The molecule has 0 heterocycles. The molecule has 0 saturated heterocycles. The Labute approximate surface area is 240 Å². The highest BCUT2D eigenvalue weighted by molar-refractivity contribution is 5.68. The molecule has 0 spiro atoms. The van der Waals surface area contributed by atoms with Crippen molar-refractivity contribution < 1.29 is 19.7 Å². The van der Waals surface area contributed by atoms with Crippen molar-refractivity contribution in [2.75, 3.05) is 7.11 Å². The third kappa shape index (κ3) is 30.2. The summed E-state index contributed by atoms with van der Waals surface area (Å²) in [5, 5.41) is 19.8. The van der Waals surface area contributed by atoms with E-state index in [1.54, 1.807) is 12.2 Å². The highest BCUT2D eigenvalue weighted by atomic mass is 16.5. The van der Waals surface area contributed by atoms with Gasteiger partial charge >= 0.3 is 5.97 Å². The molecule has 4 heteroatoms. The highest BCUT2D eigenvalue weighted by Crippen LogP contribution is 2.13. The maximum atomic E-state index is 11.0. The molecule has 0 aliphatic carbocycles. The smallest absolute Gasteiger partial charge is 0.305 e. The van der Waals surface area contributed by atoms with Crippen molar-refractivity contribution in [3.63, 3.8) is 0 Å². The summed E-state index contributed by atoms with van der Waals surface area (Å²) in [5.74, 6) is -0.0843. The lowest BCUT2D eigenvalue weighted by atomic mass is 10.0. The van der Waals surface area contributed by atoms with Gasteiger partial charge in [-0.2, -0.15) is 0 Å². The van der Waals surface area contributed by atoms with E-state index < -0.39 is 12.2 Å². The Bertz CT molecular complexity index is 714. The number of allylic oxidation sites excluding steroid dienone is 8. The fourth-order valence-electron chi connectivity index (χ4n) is 4.10. The third-order valence-corrected chi connectivity index (χ3v) is 6.49. The van der Waals surface area contributed by atoms with Crippen LogP contribution in [0, 0.1) is 0 Å². The summed E-state index contributed by atoms with van der Waals surface area (Å²) in [6.07, 6.45) is 42.9. The van der Waals surface area contributed by atoms with E-state index in [0.29, 0.717) is 19.3 Å². The second-order valence-corrected chi connectivity index (χ2v) is 10.2. The summed E-state index contributed by atoms with van der Waals surface area (Å²) in [6.45, 7) is 2.08. The monoisotopic (exact) mass is 542 g/mol. The number of aliphatic hydroxyl groups excluding tert-OH is 2. The average Bonchev–Trinajstić information content (AvgIpc) is 2.93. The fraction of sp³-hybridized carbons (Fsp3) is 0.629. The fourth-order valence-corrected chi connectivity index (χ4v) is 4.10. The van der Waals surface area contributed by atoms with E-state index in [2.05, 4.69) is 36.0 Å². The first-order chi connectivity index (χ1) is 19.1. The summed E-state index contributed by atoms with van der Waals surface area (Å²) in [4.78, 5) is 11.0. The summed E-state index contributed by atoms with van der Waals surface area (Å²) in [5.41, 5.74) is 0. The molecule has 0 saturated carbocycles. The Kier molecular flexibility index (Phi) is 28.7. The lowest BCUT2D eigenvalue weighted by Crippen LogP contribution is -1.99. The van der Waals surface area contributed by atoms with Crippen LogP contribution in [0.15, 0.2) is 72.9 Å². The van der Waals surface area contributed by atoms with Crippen LogP contribution in [0.1, 0.15) is 122 Å². The number of unbranched alkanes of at least 4 members (excludes halogenated alkanes) is 12. The number of ether oxygens (including phenoxy) is 1. The van der Waals surface area contributed by atoms with Gasteiger partial charge in [-0.05, 0) is 44.9 Å². The van der Waals surface area contributed by atoms with Gasteiger partial charge < -0.3 is 14.9 Å². The van der Waals surface area contributed by atoms with Gasteiger partial charge in [-0.25, -0.2) is 0 Å². The zero-order chi connectivity index (χ0) is 28.7. The van der Waals surface area contributed by atoms with Gasteiger partial charge in [0.2, 0.25) is 0 Å². The van der Waals surface area contributed by atoms with Crippen LogP contribution in [0.4, 0.5) is 0 Å². The number of carbonyl (C=O) groups is 1. The second kappa shape index (κ2) is 30.4. The predicted molar refractivity (Wildman–Crippen MR) is 168 cm³/mol. The molecule has 0 aromatic carbocycles. The first-order valence-electron chi connectivity index (χ1n) is 15.5. The topological polar surface area (TPSA) is 66.8 Å². The molecule has 0 aromatic heterocycles. The number of hydrogen-bond donors (Lipinski definition) is 2. The van der Waals surface area contributed by atoms with Crippen LogP contribution in [0.3, 0.4) is 0 Å². The third-order valence-electron chi connectivity index (χ3n) is 6.49. The maximum Gasteiger partial charge on any atom is 0.305 e. The van der Waals surface area contributed by atoms with E-state index in [9.17, 15) is 15.0 Å². The summed E-state index contributed by atoms with van der Waals surface area (Å²) < 4.78 is 4.66. The molecule has 0 fully saturated rings. The molecular formula is C35H58O4. The van der Waals surface area contributed by atoms with Crippen molar-refractivity contribution in [3.8, 4) is 0 Å². The van der Waals surface area contributed by atoms with Gasteiger partial charge in [0.25, 0.3) is 0 Å². The minimum Gasteiger partial charge on any atom is -0.469 e. The van der Waals surface area contributed by atoms with Crippen molar-refractivity contribution in [1.82, 2.24) is 0 Å². The van der Waals surface area contributed by atoms with Gasteiger partial charge in [0, 0.05) is 6.42 Å². The molecule has 0 aliphatic heterocycles. The molecule has 0 radical (unpaired) electrons. The van der Waals surface area contributed by atoms with Crippen molar-refractivity contribution in [1.29, 1.82) is 0 Å². The molecule has 222 valence electrons. The van der Waals surface area contributed by atoms with Gasteiger partial charge in [0.1, 0.15) is 0 Å².